The van der Waals surface area contributed by atoms with Gasteiger partial charge in [-0.3, -0.25) is 4.98 Å². The quantitative estimate of drug-likeness (QED) is 0.437. The molecule has 1 N–H and O–H groups in total. The first-order valence-corrected chi connectivity index (χ1v) is 10.3. The maximum Gasteiger partial charge on any atom is 0.228 e. The summed E-state index contributed by atoms with van der Waals surface area (Å²) in [7, 11) is 1.56. The number of benzene rings is 1. The fourth-order valence-electron chi connectivity index (χ4n) is 2.82. The average molecular weight is 437 g/mol. The molecule has 3 aromatic heterocycles. The number of halogens is 1. The zero-order valence-corrected chi connectivity index (χ0v) is 18.0. The molecule has 0 fully saturated rings. The molecule has 0 aliphatic heterocycles. The smallest absolute Gasteiger partial charge is 0.228 e. The Morgan fingerprint density at radius 1 is 0.968 bits per heavy atom. The molecule has 0 unspecified atom stereocenters. The minimum atomic E-state index is -1.05. The zero-order chi connectivity index (χ0) is 22.0. The Morgan fingerprint density at radius 3 is 2.29 bits per heavy atom. The highest BCUT2D eigenvalue weighted by molar-refractivity contribution is 7.99. The van der Waals surface area contributed by atoms with Crippen molar-refractivity contribution in [1.29, 1.82) is 0 Å². The maximum atomic E-state index is 13.3. The lowest BCUT2D eigenvalue weighted by atomic mass is 10.0. The first-order chi connectivity index (χ1) is 14.8. The van der Waals surface area contributed by atoms with Crippen LogP contribution in [-0.2, 0) is 5.60 Å². The number of aliphatic hydroxyl groups is 1. The summed E-state index contributed by atoms with van der Waals surface area (Å²) in [5, 5.41) is 10.7. The van der Waals surface area contributed by atoms with Crippen molar-refractivity contribution >= 4 is 11.8 Å². The fourth-order valence-corrected chi connectivity index (χ4v) is 3.66. The topological polar surface area (TPSA) is 81.3 Å². The van der Waals surface area contributed by atoms with Crippen molar-refractivity contribution in [3.63, 3.8) is 0 Å². The number of hydrogen-bond acceptors (Lipinski definition) is 7. The van der Waals surface area contributed by atoms with Gasteiger partial charge in [0, 0.05) is 34.5 Å². The molecule has 0 saturated heterocycles. The number of methoxy groups -OCH3 is 1. The molecule has 0 bridgehead atoms. The van der Waals surface area contributed by atoms with Crippen molar-refractivity contribution < 1.29 is 18.7 Å². The van der Waals surface area contributed by atoms with E-state index in [-0.39, 0.29) is 5.82 Å². The third-order valence-electron chi connectivity index (χ3n) is 4.48. The second-order valence-electron chi connectivity index (χ2n) is 7.29. The molecule has 0 amide bonds. The molecule has 0 spiro atoms. The van der Waals surface area contributed by atoms with Crippen LogP contribution in [0.25, 0.3) is 22.7 Å². The van der Waals surface area contributed by atoms with Crippen molar-refractivity contribution in [3.8, 4) is 28.6 Å². The molecule has 31 heavy (non-hydrogen) atoms. The van der Waals surface area contributed by atoms with Crippen LogP contribution in [-0.4, -0.2) is 27.2 Å². The minimum Gasteiger partial charge on any atom is -0.481 e. The van der Waals surface area contributed by atoms with Gasteiger partial charge in [-0.25, -0.2) is 14.4 Å². The van der Waals surface area contributed by atoms with E-state index in [1.54, 1.807) is 57.6 Å². The number of aromatic nitrogens is 3. The molecule has 0 aliphatic rings. The summed E-state index contributed by atoms with van der Waals surface area (Å²) in [6.07, 6.45) is 3.33. The molecule has 1 aromatic carbocycles. The van der Waals surface area contributed by atoms with Gasteiger partial charge < -0.3 is 14.3 Å². The van der Waals surface area contributed by atoms with Crippen LogP contribution >= 0.6 is 11.8 Å². The highest BCUT2D eigenvalue weighted by Crippen LogP contribution is 2.39. The Balaban J connectivity index is 1.74. The van der Waals surface area contributed by atoms with Gasteiger partial charge in [-0.2, -0.15) is 0 Å². The molecule has 0 saturated carbocycles. The van der Waals surface area contributed by atoms with Gasteiger partial charge in [0.2, 0.25) is 11.8 Å². The van der Waals surface area contributed by atoms with E-state index in [1.807, 2.05) is 12.1 Å². The highest BCUT2D eigenvalue weighted by atomic mass is 32.2. The first-order valence-electron chi connectivity index (χ1n) is 9.47. The van der Waals surface area contributed by atoms with Crippen molar-refractivity contribution in [3.05, 3.63) is 72.4 Å². The molecule has 158 valence electrons. The van der Waals surface area contributed by atoms with Gasteiger partial charge in [0.25, 0.3) is 0 Å². The van der Waals surface area contributed by atoms with E-state index in [4.69, 9.17) is 9.15 Å². The Hall–Kier alpha value is -3.23. The Bertz CT molecular complexity index is 1170. The summed E-state index contributed by atoms with van der Waals surface area (Å²) in [5.41, 5.74) is 1.48. The summed E-state index contributed by atoms with van der Waals surface area (Å²) < 4.78 is 24.5. The number of oxazole rings is 1. The zero-order valence-electron chi connectivity index (χ0n) is 17.2. The van der Waals surface area contributed by atoms with Gasteiger partial charge in [-0.1, -0.05) is 0 Å². The summed E-state index contributed by atoms with van der Waals surface area (Å²) >= 11 is 1.36. The molecule has 6 nitrogen and oxygen atoms in total. The number of hydrogen-bond donors (Lipinski definition) is 1. The van der Waals surface area contributed by atoms with Gasteiger partial charge in [0.05, 0.1) is 12.8 Å². The van der Waals surface area contributed by atoms with Crippen LogP contribution in [0.1, 0.15) is 19.5 Å². The maximum absolute atomic E-state index is 13.3. The van der Waals surface area contributed by atoms with Gasteiger partial charge in [-0.05, 0) is 68.1 Å². The van der Waals surface area contributed by atoms with E-state index in [9.17, 15) is 9.50 Å². The second-order valence-corrected chi connectivity index (χ2v) is 8.34. The van der Waals surface area contributed by atoms with E-state index in [0.717, 1.165) is 10.5 Å². The van der Waals surface area contributed by atoms with Gasteiger partial charge in [0.1, 0.15) is 17.1 Å². The van der Waals surface area contributed by atoms with Crippen LogP contribution in [0.2, 0.25) is 0 Å². The highest BCUT2D eigenvalue weighted by Gasteiger charge is 2.21. The summed E-state index contributed by atoms with van der Waals surface area (Å²) in [5.74, 6) is 0.548. The van der Waals surface area contributed by atoms with Crippen LogP contribution < -0.4 is 4.74 Å². The average Bonchev–Trinajstić information content (AvgIpc) is 3.18. The van der Waals surface area contributed by atoms with Crippen LogP contribution in [0.15, 0.2) is 75.3 Å². The molecule has 0 atom stereocenters. The summed E-state index contributed by atoms with van der Waals surface area (Å²) in [4.78, 5) is 14.1. The van der Waals surface area contributed by atoms with E-state index in [2.05, 4.69) is 15.0 Å². The van der Waals surface area contributed by atoms with E-state index in [0.29, 0.717) is 33.8 Å². The monoisotopic (exact) mass is 437 g/mol. The Labute approximate surface area is 183 Å². The van der Waals surface area contributed by atoms with Crippen LogP contribution in [0.4, 0.5) is 4.39 Å². The lowest BCUT2D eigenvalue weighted by Crippen LogP contribution is -2.17. The SMILES string of the molecule is COc1ccc(Sc2oc(-c3ccc(F)cc3)nc2-c2ccc(C(C)(C)O)nc2)cn1. The largest absolute Gasteiger partial charge is 0.481 e. The third-order valence-corrected chi connectivity index (χ3v) is 5.42. The van der Waals surface area contributed by atoms with Crippen molar-refractivity contribution in [2.45, 2.75) is 29.4 Å². The lowest BCUT2D eigenvalue weighted by molar-refractivity contribution is 0.0739. The predicted molar refractivity (Wildman–Crippen MR) is 115 cm³/mol. The van der Waals surface area contributed by atoms with Gasteiger partial charge >= 0.3 is 0 Å². The van der Waals surface area contributed by atoms with Crippen molar-refractivity contribution in [1.82, 2.24) is 15.0 Å². The molecular formula is C23H20FN3O3S. The number of ether oxygens (including phenoxy) is 1. The molecule has 3 heterocycles. The van der Waals surface area contributed by atoms with E-state index >= 15 is 0 Å². The standard InChI is InChI=1S/C23H20FN3O3S/c1-23(2,28)18-10-6-15(12-25-18)20-22(31-17-9-11-19(29-3)26-13-17)30-21(27-20)14-4-7-16(24)8-5-14/h4-13,28H,1-3H3. The molecule has 8 heteroatoms. The van der Waals surface area contributed by atoms with Gasteiger partial charge in [0.15, 0.2) is 5.09 Å². The van der Waals surface area contributed by atoms with Crippen LogP contribution in [0, 0.1) is 5.82 Å². The van der Waals surface area contributed by atoms with Crippen LogP contribution in [0.5, 0.6) is 5.88 Å². The Kier molecular flexibility index (Phi) is 5.75. The fraction of sp³-hybridized carbons (Fsp3) is 0.174. The number of rotatable bonds is 6. The second kappa shape index (κ2) is 8.49. The van der Waals surface area contributed by atoms with E-state index in [1.165, 1.54) is 23.9 Å². The third kappa shape index (κ3) is 4.76. The molecule has 4 rings (SSSR count). The predicted octanol–water partition coefficient (Wildman–Crippen LogP) is 5.32. The Morgan fingerprint density at radius 2 is 1.71 bits per heavy atom. The van der Waals surface area contributed by atoms with Crippen LogP contribution in [0.3, 0.4) is 0 Å². The summed E-state index contributed by atoms with van der Waals surface area (Å²) in [6.45, 7) is 3.35. The number of nitrogens with zero attached hydrogens (tertiary/aromatic N) is 3. The van der Waals surface area contributed by atoms with Gasteiger partial charge in [-0.15, -0.1) is 0 Å². The number of pyridine rings is 2. The van der Waals surface area contributed by atoms with Crippen molar-refractivity contribution in [2.24, 2.45) is 0 Å². The van der Waals surface area contributed by atoms with E-state index < -0.39 is 5.60 Å². The molecule has 4 aromatic rings. The normalized spacial score (nSPS) is 11.5. The lowest BCUT2D eigenvalue weighted by Gasteiger charge is -2.16. The summed E-state index contributed by atoms with van der Waals surface area (Å²) in [6, 6.07) is 13.2. The molecular weight excluding hydrogens is 417 g/mol. The minimum absolute atomic E-state index is 0.333. The first kappa shape index (κ1) is 21.0. The molecule has 0 aliphatic carbocycles. The molecule has 0 radical (unpaired) electrons. The van der Waals surface area contributed by atoms with Crippen molar-refractivity contribution in [2.75, 3.05) is 7.11 Å².